The number of nitrogens with zero attached hydrogens (tertiary/aromatic N) is 3. The van der Waals surface area contributed by atoms with Gasteiger partial charge in [0.15, 0.2) is 5.82 Å². The summed E-state index contributed by atoms with van der Waals surface area (Å²) in [5, 5.41) is 3.94. The van der Waals surface area contributed by atoms with E-state index in [1.807, 2.05) is 36.9 Å². The summed E-state index contributed by atoms with van der Waals surface area (Å²) in [6.07, 6.45) is 2.77. The molecule has 1 aliphatic heterocycles. The van der Waals surface area contributed by atoms with Crippen molar-refractivity contribution in [1.82, 2.24) is 10.1 Å². The fraction of sp³-hybridized carbons (Fsp3) is 0.500. The van der Waals surface area contributed by atoms with Crippen molar-refractivity contribution in [3.63, 3.8) is 0 Å². The molecule has 6 nitrogen and oxygen atoms in total. The van der Waals surface area contributed by atoms with Crippen molar-refractivity contribution >= 4 is 11.6 Å². The molecule has 24 heavy (non-hydrogen) atoms. The van der Waals surface area contributed by atoms with Gasteiger partial charge in [-0.3, -0.25) is 4.79 Å². The van der Waals surface area contributed by atoms with Crippen LogP contribution in [0.1, 0.15) is 49.9 Å². The van der Waals surface area contributed by atoms with Crippen LogP contribution in [0.3, 0.4) is 0 Å². The first-order valence-corrected chi connectivity index (χ1v) is 8.38. The van der Waals surface area contributed by atoms with E-state index in [2.05, 4.69) is 10.1 Å². The van der Waals surface area contributed by atoms with E-state index in [1.165, 1.54) is 0 Å². The number of rotatable bonds is 5. The minimum Gasteiger partial charge on any atom is -0.497 e. The molecular formula is C18H23N3O3. The molecule has 0 fully saturated rings. The Kier molecular flexibility index (Phi) is 4.83. The maximum absolute atomic E-state index is 12.6. The number of hydrogen-bond donors (Lipinski definition) is 0. The summed E-state index contributed by atoms with van der Waals surface area (Å²) in [6, 6.07) is 5.88. The predicted molar refractivity (Wildman–Crippen MR) is 90.4 cm³/mol. The summed E-state index contributed by atoms with van der Waals surface area (Å²) < 4.78 is 10.5. The maximum Gasteiger partial charge on any atom is 0.227 e. The molecule has 1 aromatic heterocycles. The van der Waals surface area contributed by atoms with Crippen LogP contribution in [0.15, 0.2) is 22.7 Å². The minimum atomic E-state index is 0.0883. The molecule has 3 rings (SSSR count). The highest BCUT2D eigenvalue weighted by molar-refractivity contribution is 5.94. The topological polar surface area (TPSA) is 68.5 Å². The molecule has 1 amide bonds. The van der Waals surface area contributed by atoms with E-state index >= 15 is 0 Å². The quantitative estimate of drug-likeness (QED) is 0.843. The summed E-state index contributed by atoms with van der Waals surface area (Å²) >= 11 is 0. The van der Waals surface area contributed by atoms with Gasteiger partial charge in [-0.1, -0.05) is 19.0 Å². The van der Waals surface area contributed by atoms with Crippen LogP contribution in [0.5, 0.6) is 5.75 Å². The Labute approximate surface area is 141 Å². The normalized spacial score (nSPS) is 13.9. The highest BCUT2D eigenvalue weighted by atomic mass is 16.5. The molecule has 0 atom stereocenters. The lowest BCUT2D eigenvalue weighted by molar-refractivity contribution is -0.118. The largest absolute Gasteiger partial charge is 0.497 e. The SMILES string of the molecule is COc1ccc2c(c1)CCCN2C(=O)CCc1nc(C(C)C)no1. The van der Waals surface area contributed by atoms with Gasteiger partial charge in [0.25, 0.3) is 0 Å². The van der Waals surface area contributed by atoms with Crippen molar-refractivity contribution in [2.45, 2.75) is 45.4 Å². The Bertz CT molecular complexity index is 724. The number of carbonyl (C=O) groups excluding carboxylic acids is 1. The number of hydrogen-bond acceptors (Lipinski definition) is 5. The van der Waals surface area contributed by atoms with Gasteiger partial charge in [0, 0.05) is 31.0 Å². The fourth-order valence-electron chi connectivity index (χ4n) is 2.91. The molecule has 0 radical (unpaired) electrons. The van der Waals surface area contributed by atoms with Crippen LogP contribution < -0.4 is 9.64 Å². The van der Waals surface area contributed by atoms with Crippen LogP contribution >= 0.6 is 0 Å². The Hall–Kier alpha value is -2.37. The molecule has 2 aromatic rings. The van der Waals surface area contributed by atoms with Crippen LogP contribution in [-0.2, 0) is 17.6 Å². The summed E-state index contributed by atoms with van der Waals surface area (Å²) in [6.45, 7) is 4.77. The van der Waals surface area contributed by atoms with Gasteiger partial charge in [0.1, 0.15) is 5.75 Å². The van der Waals surface area contributed by atoms with Crippen molar-refractivity contribution in [2.24, 2.45) is 0 Å². The lowest BCUT2D eigenvalue weighted by Gasteiger charge is -2.29. The molecule has 2 heterocycles. The first-order chi connectivity index (χ1) is 11.6. The smallest absolute Gasteiger partial charge is 0.227 e. The van der Waals surface area contributed by atoms with Crippen molar-refractivity contribution in [3.8, 4) is 5.75 Å². The van der Waals surface area contributed by atoms with Gasteiger partial charge >= 0.3 is 0 Å². The molecule has 1 aliphatic rings. The maximum atomic E-state index is 12.6. The van der Waals surface area contributed by atoms with E-state index in [0.717, 1.165) is 36.4 Å². The van der Waals surface area contributed by atoms with E-state index in [1.54, 1.807) is 7.11 Å². The van der Waals surface area contributed by atoms with Crippen LogP contribution in [-0.4, -0.2) is 29.7 Å². The standard InChI is InChI=1S/C18H23N3O3/c1-12(2)18-19-16(24-20-18)8-9-17(22)21-10-4-5-13-11-14(23-3)6-7-15(13)21/h6-7,11-12H,4-5,8-10H2,1-3H3. The van der Waals surface area contributed by atoms with Crippen LogP contribution in [0.2, 0.25) is 0 Å². The van der Waals surface area contributed by atoms with Gasteiger partial charge in [-0.05, 0) is 36.6 Å². The number of aryl methyl sites for hydroxylation is 2. The number of carbonyl (C=O) groups is 1. The third-order valence-corrected chi connectivity index (χ3v) is 4.26. The lowest BCUT2D eigenvalue weighted by atomic mass is 10.0. The lowest BCUT2D eigenvalue weighted by Crippen LogP contribution is -2.35. The number of anilines is 1. The first kappa shape index (κ1) is 16.5. The zero-order valence-corrected chi connectivity index (χ0v) is 14.4. The molecule has 0 saturated carbocycles. The van der Waals surface area contributed by atoms with Crippen LogP contribution in [0.25, 0.3) is 0 Å². The van der Waals surface area contributed by atoms with E-state index < -0.39 is 0 Å². The Balaban J connectivity index is 1.67. The number of amides is 1. The molecule has 0 N–H and O–H groups in total. The molecule has 6 heteroatoms. The second-order valence-corrected chi connectivity index (χ2v) is 6.34. The van der Waals surface area contributed by atoms with Gasteiger partial charge in [-0.15, -0.1) is 0 Å². The minimum absolute atomic E-state index is 0.0883. The summed E-state index contributed by atoms with van der Waals surface area (Å²) in [5.41, 5.74) is 2.15. The molecule has 0 unspecified atom stereocenters. The van der Waals surface area contributed by atoms with E-state index in [0.29, 0.717) is 24.6 Å². The van der Waals surface area contributed by atoms with Crippen LogP contribution in [0.4, 0.5) is 5.69 Å². The molecular weight excluding hydrogens is 306 g/mol. The Morgan fingerprint density at radius 2 is 2.25 bits per heavy atom. The zero-order chi connectivity index (χ0) is 17.1. The number of fused-ring (bicyclic) bond motifs is 1. The third-order valence-electron chi connectivity index (χ3n) is 4.26. The number of methoxy groups -OCH3 is 1. The van der Waals surface area contributed by atoms with E-state index in [4.69, 9.17) is 9.26 Å². The van der Waals surface area contributed by atoms with Gasteiger partial charge in [0.05, 0.1) is 7.11 Å². The van der Waals surface area contributed by atoms with Gasteiger partial charge in [-0.2, -0.15) is 4.98 Å². The van der Waals surface area contributed by atoms with Crippen LogP contribution in [0, 0.1) is 0 Å². The Morgan fingerprint density at radius 3 is 2.96 bits per heavy atom. The molecule has 0 spiro atoms. The van der Waals surface area contributed by atoms with E-state index in [-0.39, 0.29) is 11.8 Å². The van der Waals surface area contributed by atoms with Crippen molar-refractivity contribution < 1.29 is 14.1 Å². The molecule has 1 aromatic carbocycles. The average Bonchev–Trinajstić information content (AvgIpc) is 3.08. The van der Waals surface area contributed by atoms with Gasteiger partial charge < -0.3 is 14.2 Å². The second kappa shape index (κ2) is 7.03. The molecule has 0 saturated heterocycles. The monoisotopic (exact) mass is 329 g/mol. The highest BCUT2D eigenvalue weighted by Gasteiger charge is 2.23. The summed E-state index contributed by atoms with van der Waals surface area (Å²) in [7, 11) is 1.66. The molecule has 128 valence electrons. The predicted octanol–water partition coefficient (Wildman–Crippen LogP) is 3.11. The summed E-state index contributed by atoms with van der Waals surface area (Å²) in [5.74, 6) is 2.36. The summed E-state index contributed by atoms with van der Waals surface area (Å²) in [4.78, 5) is 18.8. The van der Waals surface area contributed by atoms with Crippen molar-refractivity contribution in [2.75, 3.05) is 18.6 Å². The molecule has 0 bridgehead atoms. The number of benzene rings is 1. The number of ether oxygens (including phenoxy) is 1. The van der Waals surface area contributed by atoms with Crippen molar-refractivity contribution in [3.05, 3.63) is 35.5 Å². The second-order valence-electron chi connectivity index (χ2n) is 6.34. The van der Waals surface area contributed by atoms with Crippen molar-refractivity contribution in [1.29, 1.82) is 0 Å². The third kappa shape index (κ3) is 3.42. The fourth-order valence-corrected chi connectivity index (χ4v) is 2.91. The molecule has 0 aliphatic carbocycles. The zero-order valence-electron chi connectivity index (χ0n) is 14.4. The first-order valence-electron chi connectivity index (χ1n) is 8.38. The average molecular weight is 329 g/mol. The van der Waals surface area contributed by atoms with Gasteiger partial charge in [0.2, 0.25) is 11.8 Å². The Morgan fingerprint density at radius 1 is 1.42 bits per heavy atom. The number of aromatic nitrogens is 2. The van der Waals surface area contributed by atoms with E-state index in [9.17, 15) is 4.79 Å². The highest BCUT2D eigenvalue weighted by Crippen LogP contribution is 2.31. The van der Waals surface area contributed by atoms with Gasteiger partial charge in [-0.25, -0.2) is 0 Å².